The fourth-order valence-electron chi connectivity index (χ4n) is 3.74. The Balaban J connectivity index is 1.59. The van der Waals surface area contributed by atoms with Crippen LogP contribution in [0, 0.1) is 0 Å². The molecule has 0 saturated carbocycles. The molecular formula is C23H19ClF6N2O4S2. The third kappa shape index (κ3) is 6.65. The fraction of sp³-hybridized carbons (Fsp3) is 0.304. The number of nitrogens with one attached hydrogen (secondary N) is 2. The topological polar surface area (TPSA) is 76.7 Å². The number of alkyl halides is 6. The van der Waals surface area contributed by atoms with Crippen LogP contribution in [0.1, 0.15) is 18.9 Å². The Hall–Kier alpha value is -2.68. The van der Waals surface area contributed by atoms with Crippen molar-refractivity contribution >= 4 is 38.6 Å². The van der Waals surface area contributed by atoms with Crippen molar-refractivity contribution in [3.05, 3.63) is 59.1 Å². The van der Waals surface area contributed by atoms with Gasteiger partial charge in [0, 0.05) is 19.0 Å². The number of thiophene rings is 1. The fourth-order valence-corrected chi connectivity index (χ4v) is 6.62. The van der Waals surface area contributed by atoms with Gasteiger partial charge in [-0.25, -0.2) is 8.42 Å². The zero-order valence-electron chi connectivity index (χ0n) is 19.3. The van der Waals surface area contributed by atoms with E-state index in [9.17, 15) is 34.8 Å². The molecule has 2 N–H and O–H groups in total. The molecule has 2 aromatic carbocycles. The first-order valence-electron chi connectivity index (χ1n) is 10.8. The van der Waals surface area contributed by atoms with Crippen LogP contribution in [0.25, 0.3) is 10.4 Å². The van der Waals surface area contributed by atoms with Gasteiger partial charge in [-0.15, -0.1) is 24.5 Å². The van der Waals surface area contributed by atoms with Crippen molar-refractivity contribution in [2.45, 2.75) is 35.7 Å². The van der Waals surface area contributed by atoms with Crippen LogP contribution in [-0.4, -0.2) is 33.5 Å². The molecule has 3 aromatic rings. The van der Waals surface area contributed by atoms with Gasteiger partial charge < -0.3 is 14.8 Å². The monoisotopic (exact) mass is 600 g/mol. The van der Waals surface area contributed by atoms with E-state index in [1.165, 1.54) is 12.1 Å². The zero-order valence-corrected chi connectivity index (χ0v) is 21.7. The Morgan fingerprint density at radius 2 is 1.74 bits per heavy atom. The van der Waals surface area contributed by atoms with E-state index in [0.29, 0.717) is 25.1 Å². The molecule has 0 aliphatic carbocycles. The molecule has 1 saturated heterocycles. The van der Waals surface area contributed by atoms with Gasteiger partial charge in [-0.05, 0) is 61.5 Å². The molecule has 0 radical (unpaired) electrons. The second kappa shape index (κ2) is 10.1. The largest absolute Gasteiger partial charge is 0.573 e. The predicted octanol–water partition coefficient (Wildman–Crippen LogP) is 6.92. The Labute approximate surface area is 222 Å². The van der Waals surface area contributed by atoms with Crippen LogP contribution >= 0.6 is 22.9 Å². The van der Waals surface area contributed by atoms with E-state index in [1.54, 1.807) is 6.92 Å². The molecule has 0 spiro atoms. The van der Waals surface area contributed by atoms with E-state index in [0.717, 1.165) is 47.7 Å². The summed E-state index contributed by atoms with van der Waals surface area (Å²) in [6.07, 6.45) is -9.14. The first kappa shape index (κ1) is 28.3. The number of sulfonamides is 1. The van der Waals surface area contributed by atoms with Gasteiger partial charge in [0.1, 0.15) is 21.3 Å². The summed E-state index contributed by atoms with van der Waals surface area (Å²) in [5, 5.41) is 3.03. The number of ether oxygens (including phenoxy) is 2. The van der Waals surface area contributed by atoms with E-state index in [-0.39, 0.29) is 19.8 Å². The number of benzene rings is 2. The minimum atomic E-state index is -4.87. The molecule has 1 aliphatic rings. The highest BCUT2D eigenvalue weighted by atomic mass is 35.5. The summed E-state index contributed by atoms with van der Waals surface area (Å²) in [5.74, 6) is -0.985. The van der Waals surface area contributed by atoms with Crippen LogP contribution in [0.15, 0.2) is 52.7 Å². The molecule has 6 nitrogen and oxygen atoms in total. The van der Waals surface area contributed by atoms with Crippen molar-refractivity contribution in [1.82, 2.24) is 5.32 Å². The maximum absolute atomic E-state index is 13.6. The average molecular weight is 601 g/mol. The summed E-state index contributed by atoms with van der Waals surface area (Å²) in [4.78, 5) is 0.253. The molecule has 0 bridgehead atoms. The zero-order chi connectivity index (χ0) is 27.9. The number of hydrogen-bond acceptors (Lipinski definition) is 6. The van der Waals surface area contributed by atoms with Gasteiger partial charge in [-0.1, -0.05) is 11.6 Å². The van der Waals surface area contributed by atoms with E-state index in [1.807, 2.05) is 0 Å². The lowest BCUT2D eigenvalue weighted by molar-refractivity contribution is -0.274. The molecule has 15 heteroatoms. The van der Waals surface area contributed by atoms with E-state index < -0.39 is 45.2 Å². The van der Waals surface area contributed by atoms with Gasteiger partial charge in [0.15, 0.2) is 0 Å². The second-order valence-electron chi connectivity index (χ2n) is 8.61. The Kier molecular flexibility index (Phi) is 7.55. The molecule has 0 amide bonds. The molecule has 206 valence electrons. The number of halogens is 7. The van der Waals surface area contributed by atoms with E-state index in [4.69, 9.17) is 16.3 Å². The van der Waals surface area contributed by atoms with Crippen molar-refractivity contribution in [2.24, 2.45) is 0 Å². The lowest BCUT2D eigenvalue weighted by Gasteiger charge is -2.27. The third-order valence-electron chi connectivity index (χ3n) is 5.50. The van der Waals surface area contributed by atoms with Gasteiger partial charge in [-0.3, -0.25) is 4.72 Å². The lowest BCUT2D eigenvalue weighted by atomic mass is 10.1. The van der Waals surface area contributed by atoms with Gasteiger partial charge in [-0.2, -0.15) is 13.2 Å². The maximum Gasteiger partial charge on any atom is 0.573 e. The SMILES string of the molecule is C[C@@]1(Oc2cc(NS(=O)(=O)c3cc(Cl)c(-c4ccc(OC(F)(F)F)cc4)s3)ccc2C(F)(F)F)CCNC1. The quantitative estimate of drug-likeness (QED) is 0.288. The van der Waals surface area contributed by atoms with Crippen LogP contribution in [0.5, 0.6) is 11.5 Å². The van der Waals surface area contributed by atoms with Crippen molar-refractivity contribution < 1.29 is 44.2 Å². The van der Waals surface area contributed by atoms with Crippen molar-refractivity contribution in [2.75, 3.05) is 17.8 Å². The van der Waals surface area contributed by atoms with Gasteiger partial charge in [0.25, 0.3) is 10.0 Å². The minimum Gasteiger partial charge on any atom is -0.485 e. The summed E-state index contributed by atoms with van der Waals surface area (Å²) >= 11 is 6.93. The first-order valence-corrected chi connectivity index (χ1v) is 13.5. The summed E-state index contributed by atoms with van der Waals surface area (Å²) in [6.45, 7) is 2.53. The van der Waals surface area contributed by atoms with Gasteiger partial charge >= 0.3 is 12.5 Å². The molecule has 1 aromatic heterocycles. The lowest BCUT2D eigenvalue weighted by Crippen LogP contribution is -2.35. The highest BCUT2D eigenvalue weighted by molar-refractivity contribution is 7.94. The minimum absolute atomic E-state index is 0.0120. The van der Waals surface area contributed by atoms with Crippen LogP contribution in [-0.2, 0) is 16.2 Å². The summed E-state index contributed by atoms with van der Waals surface area (Å²) in [5.41, 5.74) is -1.79. The smallest absolute Gasteiger partial charge is 0.485 e. The Bertz CT molecular complexity index is 1420. The molecule has 1 atom stereocenters. The van der Waals surface area contributed by atoms with Gasteiger partial charge in [0.2, 0.25) is 0 Å². The normalized spacial score (nSPS) is 18.4. The number of anilines is 1. The number of hydrogen-bond donors (Lipinski definition) is 2. The van der Waals surface area contributed by atoms with Crippen LogP contribution in [0.3, 0.4) is 0 Å². The summed E-state index contributed by atoms with van der Waals surface area (Å²) < 4.78 is 115. The van der Waals surface area contributed by atoms with E-state index >= 15 is 0 Å². The molecular weight excluding hydrogens is 582 g/mol. The number of rotatable bonds is 7. The second-order valence-corrected chi connectivity index (χ2v) is 12.0. The summed E-state index contributed by atoms with van der Waals surface area (Å²) in [7, 11) is -4.30. The van der Waals surface area contributed by atoms with E-state index in [2.05, 4.69) is 14.8 Å². The molecule has 2 heterocycles. The highest BCUT2D eigenvalue weighted by Gasteiger charge is 2.38. The summed E-state index contributed by atoms with van der Waals surface area (Å²) in [6, 6.07) is 8.47. The van der Waals surface area contributed by atoms with Crippen LogP contribution < -0.4 is 19.5 Å². The Morgan fingerprint density at radius 1 is 1.05 bits per heavy atom. The Morgan fingerprint density at radius 3 is 2.32 bits per heavy atom. The van der Waals surface area contributed by atoms with Gasteiger partial charge in [0.05, 0.1) is 21.2 Å². The predicted molar refractivity (Wildman–Crippen MR) is 130 cm³/mol. The molecule has 0 unspecified atom stereocenters. The molecule has 1 fully saturated rings. The standard InChI is InChI=1S/C23H19ClF6N2O4S2/c1-21(8-9-31-12-21)36-18-10-14(4-7-16(18)22(25,26)27)32-38(33,34)19-11-17(24)20(37-19)13-2-5-15(6-3-13)35-23(28,29)30/h2-7,10-11,31-32H,8-9,12H2,1H3/t21-/m1/s1. The molecule has 38 heavy (non-hydrogen) atoms. The highest BCUT2D eigenvalue weighted by Crippen LogP contribution is 2.42. The van der Waals surface area contributed by atoms with Crippen molar-refractivity contribution in [3.8, 4) is 21.9 Å². The van der Waals surface area contributed by atoms with Crippen LogP contribution in [0.4, 0.5) is 32.0 Å². The maximum atomic E-state index is 13.6. The van der Waals surface area contributed by atoms with Crippen molar-refractivity contribution in [3.63, 3.8) is 0 Å². The molecule has 4 rings (SSSR count). The van der Waals surface area contributed by atoms with Crippen LogP contribution in [0.2, 0.25) is 5.02 Å². The molecule has 1 aliphatic heterocycles. The first-order chi connectivity index (χ1) is 17.5. The third-order valence-corrected chi connectivity index (χ3v) is 8.95. The average Bonchev–Trinajstić information content (AvgIpc) is 3.38. The van der Waals surface area contributed by atoms with Crippen molar-refractivity contribution in [1.29, 1.82) is 0 Å².